The number of rotatable bonds is 6. The molecule has 0 aromatic heterocycles. The summed E-state index contributed by atoms with van der Waals surface area (Å²) in [7, 11) is 1.61. The van der Waals surface area contributed by atoms with Crippen molar-refractivity contribution in [2.75, 3.05) is 20.3 Å². The molecule has 2 atom stereocenters. The monoisotopic (exact) mass is 264 g/mol. The van der Waals surface area contributed by atoms with Crippen LogP contribution in [0.2, 0.25) is 0 Å². The van der Waals surface area contributed by atoms with Crippen molar-refractivity contribution in [2.45, 2.75) is 32.5 Å². The van der Waals surface area contributed by atoms with Crippen molar-refractivity contribution in [3.8, 4) is 5.75 Å². The number of ketones is 1. The van der Waals surface area contributed by atoms with Crippen LogP contribution in [-0.4, -0.2) is 38.3 Å². The molecule has 0 saturated heterocycles. The summed E-state index contributed by atoms with van der Waals surface area (Å²) in [6, 6.07) is 6.05. The zero-order valence-electron chi connectivity index (χ0n) is 11.6. The molecule has 0 aliphatic heterocycles. The maximum absolute atomic E-state index is 11.5. The van der Waals surface area contributed by atoms with Crippen LogP contribution in [-0.2, 0) is 14.3 Å². The molecule has 1 aliphatic carbocycles. The number of carbonyl (C=O) groups excluding carboxylic acids is 1. The number of aryl methyl sites for hydroxylation is 2. The number of benzene rings is 1. The Labute approximate surface area is 113 Å². The van der Waals surface area contributed by atoms with Gasteiger partial charge >= 0.3 is 0 Å². The van der Waals surface area contributed by atoms with E-state index < -0.39 is 6.10 Å². The fourth-order valence-corrected chi connectivity index (χ4v) is 2.03. The Morgan fingerprint density at radius 2 is 2.05 bits per heavy atom. The lowest BCUT2D eigenvalue weighted by molar-refractivity contribution is -0.156. The number of carbonyl (C=O) groups is 1. The molecule has 1 aromatic carbocycles. The van der Waals surface area contributed by atoms with Crippen LogP contribution in [0.3, 0.4) is 0 Å². The molecule has 1 aromatic rings. The summed E-state index contributed by atoms with van der Waals surface area (Å²) in [5.41, 5.74) is 2.21. The molecule has 104 valence electrons. The third kappa shape index (κ3) is 3.33. The van der Waals surface area contributed by atoms with Crippen LogP contribution < -0.4 is 4.74 Å². The Morgan fingerprint density at radius 1 is 1.26 bits per heavy atom. The molecule has 0 heterocycles. The van der Waals surface area contributed by atoms with E-state index in [0.717, 1.165) is 16.9 Å². The molecule has 2 unspecified atom stereocenters. The van der Waals surface area contributed by atoms with Crippen LogP contribution in [0, 0.1) is 13.8 Å². The van der Waals surface area contributed by atoms with Gasteiger partial charge in [0, 0.05) is 13.5 Å². The van der Waals surface area contributed by atoms with Crippen LogP contribution in [0.5, 0.6) is 5.75 Å². The Hall–Kier alpha value is -1.39. The predicted octanol–water partition coefficient (Wildman–Crippen LogP) is 2.06. The first-order valence-electron chi connectivity index (χ1n) is 6.49. The van der Waals surface area contributed by atoms with Gasteiger partial charge in [-0.2, -0.15) is 0 Å². The third-order valence-electron chi connectivity index (χ3n) is 3.26. The van der Waals surface area contributed by atoms with Crippen LogP contribution in [0.1, 0.15) is 17.5 Å². The van der Waals surface area contributed by atoms with Crippen molar-refractivity contribution in [2.24, 2.45) is 0 Å². The molecular formula is C15H20O4. The lowest BCUT2D eigenvalue weighted by atomic mass is 9.90. The van der Waals surface area contributed by atoms with Crippen LogP contribution in [0.25, 0.3) is 0 Å². The largest absolute Gasteiger partial charge is 0.486 e. The molecule has 2 rings (SSSR count). The average Bonchev–Trinajstić information content (AvgIpc) is 2.38. The van der Waals surface area contributed by atoms with Gasteiger partial charge in [-0.3, -0.25) is 4.79 Å². The van der Waals surface area contributed by atoms with E-state index >= 15 is 0 Å². The van der Waals surface area contributed by atoms with Gasteiger partial charge in [-0.15, -0.1) is 0 Å². The summed E-state index contributed by atoms with van der Waals surface area (Å²) in [4.78, 5) is 11.5. The maximum Gasteiger partial charge on any atom is 0.169 e. The minimum Gasteiger partial charge on any atom is -0.486 e. The fourth-order valence-electron chi connectivity index (χ4n) is 2.03. The van der Waals surface area contributed by atoms with Gasteiger partial charge in [0.25, 0.3) is 0 Å². The van der Waals surface area contributed by atoms with Gasteiger partial charge in [0.15, 0.2) is 11.9 Å². The minimum atomic E-state index is -0.449. The van der Waals surface area contributed by atoms with E-state index in [1.165, 1.54) is 0 Å². The van der Waals surface area contributed by atoms with Crippen molar-refractivity contribution < 1.29 is 19.0 Å². The SMILES string of the molecule is COCCOC1C(=O)CC1Oc1cc(C)ccc1C. The Balaban J connectivity index is 1.95. The number of methoxy groups -OCH3 is 1. The van der Waals surface area contributed by atoms with E-state index in [0.29, 0.717) is 19.6 Å². The first kappa shape index (κ1) is 14.0. The Kier molecular flexibility index (Phi) is 4.56. The molecular weight excluding hydrogens is 244 g/mol. The van der Waals surface area contributed by atoms with E-state index in [9.17, 15) is 4.79 Å². The van der Waals surface area contributed by atoms with Crippen molar-refractivity contribution in [1.82, 2.24) is 0 Å². The van der Waals surface area contributed by atoms with Crippen LogP contribution in [0.15, 0.2) is 18.2 Å². The zero-order chi connectivity index (χ0) is 13.8. The molecule has 19 heavy (non-hydrogen) atoms. The summed E-state index contributed by atoms with van der Waals surface area (Å²) in [5, 5.41) is 0. The average molecular weight is 264 g/mol. The summed E-state index contributed by atoms with van der Waals surface area (Å²) >= 11 is 0. The molecule has 1 fully saturated rings. The molecule has 0 radical (unpaired) electrons. The highest BCUT2D eigenvalue weighted by molar-refractivity contribution is 5.90. The zero-order valence-corrected chi connectivity index (χ0v) is 11.6. The summed E-state index contributed by atoms with van der Waals surface area (Å²) < 4.78 is 16.3. The Morgan fingerprint density at radius 3 is 2.74 bits per heavy atom. The third-order valence-corrected chi connectivity index (χ3v) is 3.26. The second kappa shape index (κ2) is 6.17. The van der Waals surface area contributed by atoms with E-state index in [1.807, 2.05) is 32.0 Å². The number of hydrogen-bond donors (Lipinski definition) is 0. The van der Waals surface area contributed by atoms with Crippen molar-refractivity contribution >= 4 is 5.78 Å². The number of ether oxygens (including phenoxy) is 3. The van der Waals surface area contributed by atoms with Gasteiger partial charge < -0.3 is 14.2 Å². The van der Waals surface area contributed by atoms with Gasteiger partial charge in [-0.25, -0.2) is 0 Å². The number of Topliss-reactive ketones (excluding diaryl/α,β-unsaturated/α-hetero) is 1. The fraction of sp³-hybridized carbons (Fsp3) is 0.533. The lowest BCUT2D eigenvalue weighted by Gasteiger charge is -2.35. The lowest BCUT2D eigenvalue weighted by Crippen LogP contribution is -2.52. The number of hydrogen-bond acceptors (Lipinski definition) is 4. The van der Waals surface area contributed by atoms with Gasteiger partial charge in [0.2, 0.25) is 0 Å². The van der Waals surface area contributed by atoms with Crippen LogP contribution in [0.4, 0.5) is 0 Å². The molecule has 1 saturated carbocycles. The quantitative estimate of drug-likeness (QED) is 0.738. The van der Waals surface area contributed by atoms with Crippen molar-refractivity contribution in [3.63, 3.8) is 0 Å². The smallest absolute Gasteiger partial charge is 0.169 e. The van der Waals surface area contributed by atoms with Gasteiger partial charge in [0.05, 0.1) is 13.2 Å². The molecule has 0 N–H and O–H groups in total. The Bertz CT molecular complexity index is 455. The highest BCUT2D eigenvalue weighted by atomic mass is 16.6. The highest BCUT2D eigenvalue weighted by Gasteiger charge is 2.42. The standard InChI is InChI=1S/C15H20O4/c1-10-4-5-11(2)13(8-10)19-14-9-12(16)15(14)18-7-6-17-3/h4-5,8,14-15H,6-7,9H2,1-3H3. The van der Waals surface area contributed by atoms with E-state index in [-0.39, 0.29) is 11.9 Å². The second-order valence-electron chi connectivity index (χ2n) is 4.88. The molecule has 4 heteroatoms. The second-order valence-corrected chi connectivity index (χ2v) is 4.88. The molecule has 1 aliphatic rings. The topological polar surface area (TPSA) is 44.8 Å². The molecule has 4 nitrogen and oxygen atoms in total. The van der Waals surface area contributed by atoms with Gasteiger partial charge in [0.1, 0.15) is 11.9 Å². The minimum absolute atomic E-state index is 0.103. The first-order valence-corrected chi connectivity index (χ1v) is 6.49. The predicted molar refractivity (Wildman–Crippen MR) is 71.6 cm³/mol. The summed E-state index contributed by atoms with van der Waals surface area (Å²) in [5.74, 6) is 0.934. The normalized spacial score (nSPS) is 22.2. The molecule has 0 amide bonds. The van der Waals surface area contributed by atoms with Crippen molar-refractivity contribution in [1.29, 1.82) is 0 Å². The highest BCUT2D eigenvalue weighted by Crippen LogP contribution is 2.28. The van der Waals surface area contributed by atoms with E-state index in [4.69, 9.17) is 14.2 Å². The van der Waals surface area contributed by atoms with Crippen molar-refractivity contribution in [3.05, 3.63) is 29.3 Å². The van der Waals surface area contributed by atoms with Crippen LogP contribution >= 0.6 is 0 Å². The maximum atomic E-state index is 11.5. The molecule has 0 spiro atoms. The van der Waals surface area contributed by atoms with E-state index in [2.05, 4.69) is 0 Å². The molecule has 0 bridgehead atoms. The van der Waals surface area contributed by atoms with Gasteiger partial charge in [-0.05, 0) is 31.0 Å². The summed E-state index contributed by atoms with van der Waals surface area (Å²) in [6.45, 7) is 4.92. The van der Waals surface area contributed by atoms with Gasteiger partial charge in [-0.1, -0.05) is 12.1 Å². The first-order chi connectivity index (χ1) is 9.11. The summed E-state index contributed by atoms with van der Waals surface area (Å²) in [6.07, 6.45) is -0.203. The van der Waals surface area contributed by atoms with E-state index in [1.54, 1.807) is 7.11 Å².